The standard InChI is InChI=1S/C15H22ClFN2/c1-11(2)19-8-3-4-13(7-9-19)18-15-10-12(16)5-6-14(15)17/h5-6,10-11,13,18H,3-4,7-9H2,1-2H3. The highest BCUT2D eigenvalue weighted by Gasteiger charge is 2.19. The average molecular weight is 285 g/mol. The number of halogens is 2. The highest BCUT2D eigenvalue weighted by Crippen LogP contribution is 2.23. The van der Waals surface area contributed by atoms with E-state index in [1.54, 1.807) is 12.1 Å². The van der Waals surface area contributed by atoms with Crippen LogP contribution in [0.5, 0.6) is 0 Å². The molecule has 1 atom stereocenters. The third-order valence-corrected chi connectivity index (χ3v) is 4.02. The molecule has 0 radical (unpaired) electrons. The van der Waals surface area contributed by atoms with Gasteiger partial charge in [-0.1, -0.05) is 11.6 Å². The maximum Gasteiger partial charge on any atom is 0.146 e. The number of benzene rings is 1. The van der Waals surface area contributed by atoms with Gasteiger partial charge >= 0.3 is 0 Å². The molecule has 1 aromatic rings. The summed E-state index contributed by atoms with van der Waals surface area (Å²) in [6.07, 6.45) is 3.28. The second-order valence-corrected chi connectivity index (χ2v) is 5.96. The van der Waals surface area contributed by atoms with Crippen LogP contribution in [-0.2, 0) is 0 Å². The zero-order valence-electron chi connectivity index (χ0n) is 11.6. The fraction of sp³-hybridized carbons (Fsp3) is 0.600. The van der Waals surface area contributed by atoms with Crippen LogP contribution in [0, 0.1) is 5.82 Å². The van der Waals surface area contributed by atoms with Crippen molar-refractivity contribution in [3.05, 3.63) is 29.0 Å². The second kappa shape index (κ2) is 6.58. The van der Waals surface area contributed by atoms with Gasteiger partial charge in [-0.15, -0.1) is 0 Å². The van der Waals surface area contributed by atoms with Crippen LogP contribution >= 0.6 is 11.6 Å². The van der Waals surface area contributed by atoms with Gasteiger partial charge in [-0.3, -0.25) is 0 Å². The quantitative estimate of drug-likeness (QED) is 0.897. The molecule has 0 bridgehead atoms. The molecule has 106 valence electrons. The average Bonchev–Trinajstić information content (AvgIpc) is 2.59. The van der Waals surface area contributed by atoms with Gasteiger partial charge in [0.25, 0.3) is 0 Å². The van der Waals surface area contributed by atoms with Crippen LogP contribution in [0.1, 0.15) is 33.1 Å². The maximum atomic E-state index is 13.7. The Kier molecular flexibility index (Phi) is 5.06. The fourth-order valence-electron chi connectivity index (χ4n) is 2.61. The lowest BCUT2D eigenvalue weighted by atomic mass is 10.1. The van der Waals surface area contributed by atoms with E-state index in [-0.39, 0.29) is 5.82 Å². The summed E-state index contributed by atoms with van der Waals surface area (Å²) in [4.78, 5) is 2.48. The Bertz CT molecular complexity index is 423. The number of nitrogens with zero attached hydrogens (tertiary/aromatic N) is 1. The molecule has 2 rings (SSSR count). The van der Waals surface area contributed by atoms with Crippen LogP contribution in [-0.4, -0.2) is 30.1 Å². The molecule has 1 N–H and O–H groups in total. The molecule has 1 aromatic carbocycles. The van der Waals surface area contributed by atoms with E-state index in [0.29, 0.717) is 22.8 Å². The topological polar surface area (TPSA) is 15.3 Å². The lowest BCUT2D eigenvalue weighted by molar-refractivity contribution is 0.230. The smallest absolute Gasteiger partial charge is 0.146 e. The monoisotopic (exact) mass is 284 g/mol. The zero-order valence-corrected chi connectivity index (χ0v) is 12.4. The van der Waals surface area contributed by atoms with Gasteiger partial charge < -0.3 is 10.2 Å². The third kappa shape index (κ3) is 4.08. The minimum atomic E-state index is -0.227. The number of nitrogens with one attached hydrogen (secondary N) is 1. The summed E-state index contributed by atoms with van der Waals surface area (Å²) >= 11 is 5.92. The summed E-state index contributed by atoms with van der Waals surface area (Å²) in [7, 11) is 0. The van der Waals surface area contributed by atoms with Gasteiger partial charge in [0, 0.05) is 23.7 Å². The van der Waals surface area contributed by atoms with Crippen molar-refractivity contribution in [2.45, 2.75) is 45.2 Å². The summed E-state index contributed by atoms with van der Waals surface area (Å²) < 4.78 is 13.7. The first-order chi connectivity index (χ1) is 9.06. The summed E-state index contributed by atoms with van der Waals surface area (Å²) in [6.45, 7) is 6.65. The highest BCUT2D eigenvalue weighted by molar-refractivity contribution is 6.30. The molecule has 19 heavy (non-hydrogen) atoms. The van der Waals surface area contributed by atoms with Crippen LogP contribution in [0.15, 0.2) is 18.2 Å². The summed E-state index contributed by atoms with van der Waals surface area (Å²) in [5.41, 5.74) is 0.524. The van der Waals surface area contributed by atoms with Gasteiger partial charge in [0.15, 0.2) is 0 Å². The van der Waals surface area contributed by atoms with Crippen molar-refractivity contribution in [2.24, 2.45) is 0 Å². The van der Waals surface area contributed by atoms with Crippen molar-refractivity contribution in [3.8, 4) is 0 Å². The fourth-order valence-corrected chi connectivity index (χ4v) is 2.78. The van der Waals surface area contributed by atoms with Gasteiger partial charge in [0.05, 0.1) is 5.69 Å². The minimum Gasteiger partial charge on any atom is -0.380 e. The molecule has 0 aromatic heterocycles. The first-order valence-electron chi connectivity index (χ1n) is 7.02. The van der Waals surface area contributed by atoms with Crippen molar-refractivity contribution in [2.75, 3.05) is 18.4 Å². The van der Waals surface area contributed by atoms with Crippen LogP contribution in [0.2, 0.25) is 5.02 Å². The Hall–Kier alpha value is -0.800. The molecule has 1 saturated heterocycles. The van der Waals surface area contributed by atoms with Crippen molar-refractivity contribution in [1.29, 1.82) is 0 Å². The molecule has 1 fully saturated rings. The number of anilines is 1. The number of likely N-dealkylation sites (tertiary alicyclic amines) is 1. The van der Waals surface area contributed by atoms with E-state index in [2.05, 4.69) is 24.1 Å². The Morgan fingerprint density at radius 3 is 2.84 bits per heavy atom. The van der Waals surface area contributed by atoms with Crippen molar-refractivity contribution in [1.82, 2.24) is 4.90 Å². The van der Waals surface area contributed by atoms with E-state index >= 15 is 0 Å². The maximum absolute atomic E-state index is 13.7. The molecular weight excluding hydrogens is 263 g/mol. The molecule has 1 aliphatic heterocycles. The number of hydrogen-bond acceptors (Lipinski definition) is 2. The largest absolute Gasteiger partial charge is 0.380 e. The lowest BCUT2D eigenvalue weighted by Gasteiger charge is -2.24. The van der Waals surface area contributed by atoms with E-state index in [9.17, 15) is 4.39 Å². The van der Waals surface area contributed by atoms with Gasteiger partial charge in [-0.2, -0.15) is 0 Å². The van der Waals surface area contributed by atoms with E-state index in [1.807, 2.05) is 0 Å². The molecule has 0 saturated carbocycles. The first kappa shape index (κ1) is 14.6. The molecule has 4 heteroatoms. The van der Waals surface area contributed by atoms with Crippen LogP contribution < -0.4 is 5.32 Å². The summed E-state index contributed by atoms with van der Waals surface area (Å²) in [5, 5.41) is 3.87. The molecule has 0 aliphatic carbocycles. The van der Waals surface area contributed by atoms with Gasteiger partial charge in [0.1, 0.15) is 5.82 Å². The molecule has 1 aliphatic rings. The van der Waals surface area contributed by atoms with Crippen molar-refractivity contribution >= 4 is 17.3 Å². The zero-order chi connectivity index (χ0) is 13.8. The Balaban J connectivity index is 1.98. The van der Waals surface area contributed by atoms with Gasteiger partial charge in [-0.05, 0) is 57.9 Å². The molecule has 1 heterocycles. The third-order valence-electron chi connectivity index (χ3n) is 3.78. The summed E-state index contributed by atoms with van der Waals surface area (Å²) in [6, 6.07) is 5.58. The normalized spacial score (nSPS) is 21.4. The second-order valence-electron chi connectivity index (χ2n) is 5.53. The highest BCUT2D eigenvalue weighted by atomic mass is 35.5. The SMILES string of the molecule is CC(C)N1CCCC(Nc2cc(Cl)ccc2F)CC1. The van der Waals surface area contributed by atoms with Gasteiger partial charge in [0.2, 0.25) is 0 Å². The Morgan fingerprint density at radius 2 is 2.11 bits per heavy atom. The lowest BCUT2D eigenvalue weighted by Crippen LogP contribution is -2.32. The van der Waals surface area contributed by atoms with Crippen LogP contribution in [0.3, 0.4) is 0 Å². The van der Waals surface area contributed by atoms with E-state index in [4.69, 9.17) is 11.6 Å². The molecule has 0 spiro atoms. The molecular formula is C15H22ClFN2. The first-order valence-corrected chi connectivity index (χ1v) is 7.39. The Labute approximate surface area is 119 Å². The molecule has 2 nitrogen and oxygen atoms in total. The van der Waals surface area contributed by atoms with E-state index in [1.165, 1.54) is 6.07 Å². The van der Waals surface area contributed by atoms with E-state index in [0.717, 1.165) is 32.4 Å². The van der Waals surface area contributed by atoms with Crippen molar-refractivity contribution in [3.63, 3.8) is 0 Å². The molecule has 1 unspecified atom stereocenters. The van der Waals surface area contributed by atoms with Gasteiger partial charge in [-0.25, -0.2) is 4.39 Å². The number of rotatable bonds is 3. The van der Waals surface area contributed by atoms with Crippen LogP contribution in [0.4, 0.5) is 10.1 Å². The van der Waals surface area contributed by atoms with Crippen LogP contribution in [0.25, 0.3) is 0 Å². The van der Waals surface area contributed by atoms with E-state index < -0.39 is 0 Å². The summed E-state index contributed by atoms with van der Waals surface area (Å²) in [5.74, 6) is -0.227. The predicted molar refractivity (Wildman–Crippen MR) is 79.4 cm³/mol. The Morgan fingerprint density at radius 1 is 1.32 bits per heavy atom. The number of hydrogen-bond donors (Lipinski definition) is 1. The minimum absolute atomic E-state index is 0.227. The predicted octanol–water partition coefficient (Wildman–Crippen LogP) is 4.15. The molecule has 0 amide bonds. The van der Waals surface area contributed by atoms with Crippen molar-refractivity contribution < 1.29 is 4.39 Å².